The van der Waals surface area contributed by atoms with Crippen LogP contribution in [0.4, 0.5) is 0 Å². The third-order valence-electron chi connectivity index (χ3n) is 10.4. The monoisotopic (exact) mass is 799 g/mol. The number of aromatic hydroxyl groups is 1. The quantitative estimate of drug-likeness (QED) is 0.0847. The van der Waals surface area contributed by atoms with E-state index in [1.54, 1.807) is 48.5 Å². The first-order valence-corrected chi connectivity index (χ1v) is 20.3. The van der Waals surface area contributed by atoms with Gasteiger partial charge in [0.1, 0.15) is 24.2 Å². The summed E-state index contributed by atoms with van der Waals surface area (Å²) >= 11 is 2.63. The average molecular weight is 800 g/mol. The number of aliphatic hydroxyl groups excluding tert-OH is 1. The number of carbonyl (C=O) groups excluding carboxylic acids is 2. The molecule has 0 aliphatic heterocycles. The third kappa shape index (κ3) is 9.15. The Kier molecular flexibility index (Phi) is 13.3. The molecule has 1 aliphatic rings. The molecule has 56 heavy (non-hydrogen) atoms. The SMILES string of the molecule is COc1cc(CC(=O)OCCN(C)C2CCC(OC(=O)C(O)(c3cccs3)c3cccs3)CC2)c(C#N)cc1CCC[C@H](O)c1ccc(O)c2[nH]c(=O)ccc12. The number of nitrogens with zero attached hydrogens (tertiary/aromatic N) is 2. The van der Waals surface area contributed by atoms with Crippen LogP contribution in [-0.2, 0) is 37.5 Å². The molecule has 1 aliphatic carbocycles. The number of fused-ring (bicyclic) bond motifs is 1. The number of H-pyrrole nitrogens is 1. The zero-order valence-corrected chi connectivity index (χ0v) is 32.9. The van der Waals surface area contributed by atoms with E-state index in [9.17, 15) is 35.0 Å². The van der Waals surface area contributed by atoms with E-state index >= 15 is 0 Å². The summed E-state index contributed by atoms with van der Waals surface area (Å²) in [5.74, 6) is -0.673. The van der Waals surface area contributed by atoms with Gasteiger partial charge in [0.05, 0.1) is 46.5 Å². The molecule has 0 saturated heterocycles. The molecule has 0 radical (unpaired) electrons. The molecule has 0 spiro atoms. The van der Waals surface area contributed by atoms with Crippen molar-refractivity contribution in [2.24, 2.45) is 0 Å². The van der Waals surface area contributed by atoms with Gasteiger partial charge in [0.25, 0.3) is 0 Å². The van der Waals surface area contributed by atoms with Crippen LogP contribution in [0.5, 0.6) is 11.5 Å². The number of benzene rings is 2. The molecule has 4 N–H and O–H groups in total. The maximum Gasteiger partial charge on any atom is 0.349 e. The van der Waals surface area contributed by atoms with E-state index in [-0.39, 0.29) is 42.0 Å². The minimum absolute atomic E-state index is 0.0777. The average Bonchev–Trinajstić information content (AvgIpc) is 3.95. The van der Waals surface area contributed by atoms with Crippen LogP contribution in [0, 0.1) is 11.3 Å². The van der Waals surface area contributed by atoms with Crippen molar-refractivity contribution in [3.63, 3.8) is 0 Å². The van der Waals surface area contributed by atoms with Gasteiger partial charge in [-0.15, -0.1) is 22.7 Å². The highest BCUT2D eigenvalue weighted by molar-refractivity contribution is 7.12. The Morgan fingerprint density at radius 3 is 2.39 bits per heavy atom. The lowest BCUT2D eigenvalue weighted by atomic mass is 9.91. The first-order valence-electron chi connectivity index (χ1n) is 18.5. The maximum atomic E-state index is 13.4. The number of nitrogens with one attached hydrogen (secondary N) is 1. The Morgan fingerprint density at radius 1 is 1.04 bits per heavy atom. The van der Waals surface area contributed by atoms with Crippen molar-refractivity contribution in [2.75, 3.05) is 27.3 Å². The summed E-state index contributed by atoms with van der Waals surface area (Å²) in [6, 6.07) is 18.9. The maximum absolute atomic E-state index is 13.4. The van der Waals surface area contributed by atoms with E-state index < -0.39 is 23.6 Å². The molecule has 3 aromatic heterocycles. The molecule has 0 unspecified atom stereocenters. The fourth-order valence-electron chi connectivity index (χ4n) is 7.32. The highest BCUT2D eigenvalue weighted by Gasteiger charge is 2.45. The van der Waals surface area contributed by atoms with E-state index in [1.165, 1.54) is 41.9 Å². The van der Waals surface area contributed by atoms with Crippen LogP contribution in [0.2, 0.25) is 0 Å². The van der Waals surface area contributed by atoms with Crippen molar-refractivity contribution < 1.29 is 39.1 Å². The lowest BCUT2D eigenvalue weighted by Gasteiger charge is -2.35. The molecule has 12 nitrogen and oxygen atoms in total. The number of hydrogen-bond acceptors (Lipinski definition) is 13. The molecular formula is C42H45N3O9S2. The number of aryl methyl sites for hydroxylation is 1. The van der Waals surface area contributed by atoms with Gasteiger partial charge in [-0.1, -0.05) is 18.2 Å². The van der Waals surface area contributed by atoms with Crippen molar-refractivity contribution >= 4 is 45.5 Å². The number of carbonyl (C=O) groups is 2. The number of hydrogen-bond donors (Lipinski definition) is 4. The minimum atomic E-state index is -1.83. The lowest BCUT2D eigenvalue weighted by Crippen LogP contribution is -2.42. The number of likely N-dealkylation sites (N-methyl/N-ethyl adjacent to an activating group) is 1. The van der Waals surface area contributed by atoms with Gasteiger partial charge in [-0.3, -0.25) is 9.59 Å². The number of phenols is 1. The van der Waals surface area contributed by atoms with Gasteiger partial charge in [0, 0.05) is 24.0 Å². The van der Waals surface area contributed by atoms with E-state index in [0.29, 0.717) is 76.2 Å². The molecule has 0 amide bonds. The van der Waals surface area contributed by atoms with E-state index in [1.807, 2.05) is 17.8 Å². The molecule has 6 rings (SSSR count). The number of aromatic nitrogens is 1. The molecule has 1 fully saturated rings. The highest BCUT2D eigenvalue weighted by atomic mass is 32.1. The third-order valence-corrected chi connectivity index (χ3v) is 12.4. The largest absolute Gasteiger partial charge is 0.506 e. The van der Waals surface area contributed by atoms with Gasteiger partial charge < -0.3 is 39.4 Å². The molecule has 2 aromatic carbocycles. The van der Waals surface area contributed by atoms with Crippen LogP contribution in [0.3, 0.4) is 0 Å². The summed E-state index contributed by atoms with van der Waals surface area (Å²) in [6.07, 6.45) is 3.02. The summed E-state index contributed by atoms with van der Waals surface area (Å²) in [4.78, 5) is 43.8. The highest BCUT2D eigenvalue weighted by Crippen LogP contribution is 2.38. The Morgan fingerprint density at radius 2 is 1.75 bits per heavy atom. The van der Waals surface area contributed by atoms with Crippen molar-refractivity contribution in [1.82, 2.24) is 9.88 Å². The predicted molar refractivity (Wildman–Crippen MR) is 213 cm³/mol. The number of esters is 2. The number of aliphatic hydroxyl groups is 2. The first kappa shape index (κ1) is 40.6. The summed E-state index contributed by atoms with van der Waals surface area (Å²) in [5, 5.41) is 46.8. The van der Waals surface area contributed by atoms with Crippen LogP contribution in [0.15, 0.2) is 76.2 Å². The molecule has 0 bridgehead atoms. The van der Waals surface area contributed by atoms with Crippen LogP contribution in [-0.4, -0.2) is 76.6 Å². The number of phenolic OH excluding ortho intramolecular Hbond substituents is 1. The summed E-state index contributed by atoms with van der Waals surface area (Å²) in [7, 11) is 3.50. The Hall–Kier alpha value is -5.04. The number of ether oxygens (including phenoxy) is 3. The fourth-order valence-corrected chi connectivity index (χ4v) is 9.03. The van der Waals surface area contributed by atoms with Crippen molar-refractivity contribution in [2.45, 2.75) is 75.2 Å². The number of pyridine rings is 1. The summed E-state index contributed by atoms with van der Waals surface area (Å²) in [6.45, 7) is 0.680. The van der Waals surface area contributed by atoms with E-state index in [0.717, 1.165) is 18.4 Å². The number of nitriles is 1. The number of methoxy groups -OCH3 is 1. The normalized spacial score (nSPS) is 16.4. The second-order valence-electron chi connectivity index (χ2n) is 14.0. The molecule has 1 saturated carbocycles. The molecule has 5 aromatic rings. The zero-order chi connectivity index (χ0) is 39.8. The molecule has 14 heteroatoms. The van der Waals surface area contributed by atoms with Gasteiger partial charge in [0.15, 0.2) is 0 Å². The van der Waals surface area contributed by atoms with Gasteiger partial charge in [0.2, 0.25) is 11.2 Å². The van der Waals surface area contributed by atoms with Crippen molar-refractivity contribution in [3.8, 4) is 17.6 Å². The van der Waals surface area contributed by atoms with Crippen molar-refractivity contribution in [1.29, 1.82) is 5.26 Å². The second-order valence-corrected chi connectivity index (χ2v) is 15.9. The van der Waals surface area contributed by atoms with Gasteiger partial charge in [-0.25, -0.2) is 4.79 Å². The fraction of sp³-hybridized carbons (Fsp3) is 0.381. The molecular weight excluding hydrogens is 755 g/mol. The van der Waals surface area contributed by atoms with Gasteiger partial charge >= 0.3 is 11.9 Å². The lowest BCUT2D eigenvalue weighted by molar-refractivity contribution is -0.169. The number of rotatable bonds is 16. The predicted octanol–water partition coefficient (Wildman–Crippen LogP) is 6.10. The van der Waals surface area contributed by atoms with Crippen LogP contribution in [0.1, 0.15) is 76.6 Å². The van der Waals surface area contributed by atoms with E-state index in [4.69, 9.17) is 14.2 Å². The second kappa shape index (κ2) is 18.3. The zero-order valence-electron chi connectivity index (χ0n) is 31.2. The van der Waals surface area contributed by atoms with Gasteiger partial charge in [-0.05, 0) is 116 Å². The topological polar surface area (TPSA) is 182 Å². The first-order chi connectivity index (χ1) is 27.0. The van der Waals surface area contributed by atoms with Crippen molar-refractivity contribution in [3.05, 3.63) is 114 Å². The number of thiophene rings is 2. The Labute approximate surface area is 332 Å². The molecule has 3 heterocycles. The summed E-state index contributed by atoms with van der Waals surface area (Å²) < 4.78 is 17.1. The Balaban J connectivity index is 0.959. The molecule has 1 atom stereocenters. The van der Waals surface area contributed by atoms with Gasteiger partial charge in [-0.2, -0.15) is 5.26 Å². The van der Waals surface area contributed by atoms with Crippen LogP contribution >= 0.6 is 22.7 Å². The number of aromatic amines is 1. The smallest absolute Gasteiger partial charge is 0.349 e. The summed E-state index contributed by atoms with van der Waals surface area (Å²) in [5.41, 5.74) is 0.266. The Bertz CT molecular complexity index is 2190. The molecule has 294 valence electrons. The van der Waals surface area contributed by atoms with E-state index in [2.05, 4.69) is 16.0 Å². The van der Waals surface area contributed by atoms with Crippen LogP contribution in [0.25, 0.3) is 10.9 Å². The minimum Gasteiger partial charge on any atom is -0.506 e. The van der Waals surface area contributed by atoms with Crippen LogP contribution < -0.4 is 10.3 Å². The standard InChI is InChI=1S/C42H45N3O9S2/c1-45(29-10-12-30(13-11-29)54-41(50)42(51,36-8-4-20-55-36)37-9-5-21-56-37)18-19-53-39(49)24-27-23-35(52-2)26(22-28(27)25-43)6-3-7-33(46)31-14-16-34(47)40-32(31)15-17-38(48)44-40/h4-5,8-9,14-17,20-23,29-30,33,46-47,51H,3,6-7,10-13,18-19,24H2,1-2H3,(H,44,48)/t29?,30?,33-/m0/s1.